The molecule has 0 aliphatic carbocycles. The second kappa shape index (κ2) is 29.8. The van der Waals surface area contributed by atoms with Crippen molar-refractivity contribution < 1.29 is 0 Å². The predicted molar refractivity (Wildman–Crippen MR) is 72.5 cm³/mol. The molecule has 0 aliphatic rings. The van der Waals surface area contributed by atoms with Gasteiger partial charge in [0.05, 0.1) is 0 Å². The normalized spacial score (nSPS) is 9.15. The standard InChI is InChI=1S/C8H16.5CH4/c1-4-6-7-8(3)5-2;;;;;/h4,6,8H,5,7H2,1-3H3;5*1H4. The monoisotopic (exact) mass is 192 g/mol. The Labute approximate surface area is 89.5 Å². The second-order valence-electron chi connectivity index (χ2n) is 2.32. The molecule has 88 valence electrons. The fourth-order valence-corrected chi connectivity index (χ4v) is 0.535. The summed E-state index contributed by atoms with van der Waals surface area (Å²) in [6.07, 6.45) is 6.89. The molecule has 0 saturated heterocycles. The molecule has 0 spiro atoms. The molecule has 1 unspecified atom stereocenters. The molecule has 1 atom stereocenters. The third kappa shape index (κ3) is 33.8. The number of allylic oxidation sites excluding steroid dienone is 2. The summed E-state index contributed by atoms with van der Waals surface area (Å²) in [5.74, 6) is 0.867. The fourth-order valence-electron chi connectivity index (χ4n) is 0.535. The van der Waals surface area contributed by atoms with E-state index in [1.54, 1.807) is 0 Å². The van der Waals surface area contributed by atoms with E-state index in [1.807, 2.05) is 0 Å². The largest absolute Gasteiger partial charge is 0.0917 e. The van der Waals surface area contributed by atoms with Gasteiger partial charge in [-0.05, 0) is 19.3 Å². The zero-order valence-electron chi connectivity index (χ0n) is 6.15. The first kappa shape index (κ1) is 38.7. The van der Waals surface area contributed by atoms with Crippen LogP contribution in [0.1, 0.15) is 70.7 Å². The summed E-state index contributed by atoms with van der Waals surface area (Å²) < 4.78 is 0. The molecule has 0 nitrogen and oxygen atoms in total. The minimum absolute atomic E-state index is 0. The van der Waals surface area contributed by atoms with Gasteiger partial charge in [0, 0.05) is 0 Å². The number of hydrogen-bond donors (Lipinski definition) is 0. The molecule has 0 bridgehead atoms. The highest BCUT2D eigenvalue weighted by Crippen LogP contribution is 2.05. The van der Waals surface area contributed by atoms with Crippen molar-refractivity contribution in [2.45, 2.75) is 70.7 Å². The lowest BCUT2D eigenvalue weighted by molar-refractivity contribution is 0.572. The van der Waals surface area contributed by atoms with Gasteiger partial charge in [-0.25, -0.2) is 0 Å². The summed E-state index contributed by atoms with van der Waals surface area (Å²) in [5, 5.41) is 0. The Morgan fingerprint density at radius 1 is 1.00 bits per heavy atom. The van der Waals surface area contributed by atoms with Crippen LogP contribution in [0.25, 0.3) is 0 Å². The topological polar surface area (TPSA) is 0 Å². The molecule has 0 aromatic heterocycles. The van der Waals surface area contributed by atoms with Gasteiger partial charge in [0.2, 0.25) is 0 Å². The molecule has 0 N–H and O–H groups in total. The highest BCUT2D eigenvalue weighted by Gasteiger charge is 1.91. The van der Waals surface area contributed by atoms with Crippen molar-refractivity contribution >= 4 is 0 Å². The molecular formula is C13H36. The lowest BCUT2D eigenvalue weighted by atomic mass is 10.1. The highest BCUT2D eigenvalue weighted by atomic mass is 14.0. The highest BCUT2D eigenvalue weighted by molar-refractivity contribution is 4.78. The van der Waals surface area contributed by atoms with Crippen LogP contribution in [-0.2, 0) is 0 Å². The first-order valence-corrected chi connectivity index (χ1v) is 3.42. The van der Waals surface area contributed by atoms with E-state index >= 15 is 0 Å². The van der Waals surface area contributed by atoms with Crippen LogP contribution in [0.2, 0.25) is 0 Å². The van der Waals surface area contributed by atoms with Crippen molar-refractivity contribution in [2.24, 2.45) is 5.92 Å². The van der Waals surface area contributed by atoms with Gasteiger partial charge < -0.3 is 0 Å². The molecule has 0 radical (unpaired) electrons. The van der Waals surface area contributed by atoms with Crippen molar-refractivity contribution in [2.75, 3.05) is 0 Å². The molecule has 0 rings (SSSR count). The smallest absolute Gasteiger partial charge is 0.0325 e. The van der Waals surface area contributed by atoms with E-state index < -0.39 is 0 Å². The lowest BCUT2D eigenvalue weighted by Gasteiger charge is -2.00. The Balaban J connectivity index is -0.0000000245. The van der Waals surface area contributed by atoms with Crippen molar-refractivity contribution in [1.82, 2.24) is 0 Å². The fraction of sp³-hybridized carbons (Fsp3) is 0.846. The van der Waals surface area contributed by atoms with Crippen LogP contribution in [0, 0.1) is 5.92 Å². The molecular weight excluding hydrogens is 156 g/mol. The maximum atomic E-state index is 2.28. The van der Waals surface area contributed by atoms with E-state index in [1.165, 1.54) is 12.8 Å². The van der Waals surface area contributed by atoms with Gasteiger partial charge in [-0.3, -0.25) is 0 Å². The molecule has 13 heavy (non-hydrogen) atoms. The molecule has 0 aromatic carbocycles. The van der Waals surface area contributed by atoms with Crippen molar-refractivity contribution in [1.29, 1.82) is 0 Å². The Morgan fingerprint density at radius 3 is 1.62 bits per heavy atom. The van der Waals surface area contributed by atoms with Crippen LogP contribution < -0.4 is 0 Å². The SMILES string of the molecule is C.C.C.C.C.CC=CCC(C)CC. The van der Waals surface area contributed by atoms with Crippen LogP contribution in [-0.4, -0.2) is 0 Å². The molecule has 0 fully saturated rings. The number of hydrogen-bond acceptors (Lipinski definition) is 0. The second-order valence-corrected chi connectivity index (χ2v) is 2.32. The molecule has 0 amide bonds. The van der Waals surface area contributed by atoms with Crippen molar-refractivity contribution in [3.8, 4) is 0 Å². The van der Waals surface area contributed by atoms with E-state index in [0.717, 1.165) is 5.92 Å². The van der Waals surface area contributed by atoms with Crippen LogP contribution in [0.4, 0.5) is 0 Å². The average Bonchev–Trinajstić information content (AvgIpc) is 1.83. The van der Waals surface area contributed by atoms with E-state index in [4.69, 9.17) is 0 Å². The Morgan fingerprint density at radius 2 is 1.38 bits per heavy atom. The lowest BCUT2D eigenvalue weighted by Crippen LogP contribution is -1.86. The van der Waals surface area contributed by atoms with E-state index in [0.29, 0.717) is 0 Å². The Bertz CT molecular complexity index is 62.4. The van der Waals surface area contributed by atoms with E-state index in [9.17, 15) is 0 Å². The van der Waals surface area contributed by atoms with Crippen LogP contribution >= 0.6 is 0 Å². The first-order chi connectivity index (χ1) is 3.81. The van der Waals surface area contributed by atoms with Gasteiger partial charge in [-0.15, -0.1) is 0 Å². The summed E-state index contributed by atoms with van der Waals surface area (Å²) in [5.41, 5.74) is 0. The van der Waals surface area contributed by atoms with Gasteiger partial charge in [0.25, 0.3) is 0 Å². The summed E-state index contributed by atoms with van der Waals surface area (Å²) >= 11 is 0. The minimum atomic E-state index is 0. The summed E-state index contributed by atoms with van der Waals surface area (Å²) in [6.45, 7) is 6.58. The van der Waals surface area contributed by atoms with Gasteiger partial charge in [0.1, 0.15) is 0 Å². The van der Waals surface area contributed by atoms with Gasteiger partial charge >= 0.3 is 0 Å². The molecule has 0 aromatic rings. The Kier molecular flexibility index (Phi) is 88.6. The summed E-state index contributed by atoms with van der Waals surface area (Å²) in [6, 6.07) is 0. The van der Waals surface area contributed by atoms with Gasteiger partial charge in [-0.1, -0.05) is 69.6 Å². The molecule has 0 heterocycles. The van der Waals surface area contributed by atoms with Gasteiger partial charge in [-0.2, -0.15) is 0 Å². The van der Waals surface area contributed by atoms with Gasteiger partial charge in [0.15, 0.2) is 0 Å². The first-order valence-electron chi connectivity index (χ1n) is 3.42. The minimum Gasteiger partial charge on any atom is -0.0917 e. The predicted octanol–water partition coefficient (Wildman–Crippen LogP) is 6.18. The maximum absolute atomic E-state index is 2.28. The maximum Gasteiger partial charge on any atom is -0.0325 e. The summed E-state index contributed by atoms with van der Waals surface area (Å²) in [4.78, 5) is 0. The van der Waals surface area contributed by atoms with Crippen molar-refractivity contribution in [3.63, 3.8) is 0 Å². The average molecular weight is 192 g/mol. The summed E-state index contributed by atoms with van der Waals surface area (Å²) in [7, 11) is 0. The van der Waals surface area contributed by atoms with E-state index in [2.05, 4.69) is 32.9 Å². The zero-order chi connectivity index (χ0) is 6.41. The van der Waals surface area contributed by atoms with Crippen LogP contribution in [0.15, 0.2) is 12.2 Å². The molecule has 0 aliphatic heterocycles. The quantitative estimate of drug-likeness (QED) is 0.468. The number of rotatable bonds is 3. The van der Waals surface area contributed by atoms with Crippen molar-refractivity contribution in [3.05, 3.63) is 12.2 Å². The van der Waals surface area contributed by atoms with E-state index in [-0.39, 0.29) is 37.1 Å². The Hall–Kier alpha value is -0.260. The third-order valence-corrected chi connectivity index (χ3v) is 1.47. The molecule has 0 heteroatoms. The van der Waals surface area contributed by atoms with Crippen LogP contribution in [0.3, 0.4) is 0 Å². The zero-order valence-corrected chi connectivity index (χ0v) is 6.15. The van der Waals surface area contributed by atoms with Crippen LogP contribution in [0.5, 0.6) is 0 Å². The third-order valence-electron chi connectivity index (χ3n) is 1.47. The molecule has 0 saturated carbocycles.